The Balaban J connectivity index is 0.000000187. The van der Waals surface area contributed by atoms with Crippen molar-refractivity contribution in [2.75, 3.05) is 0 Å². The summed E-state index contributed by atoms with van der Waals surface area (Å²) in [4.78, 5) is 6.91. The molecule has 0 fully saturated rings. The van der Waals surface area contributed by atoms with E-state index in [0.29, 0.717) is 15.0 Å². The first-order valence-electron chi connectivity index (χ1n) is 2.60. The number of pyridine rings is 1. The smallest absolute Gasteiger partial charge is 0.0267 e. The van der Waals surface area contributed by atoms with Crippen LogP contribution in [-0.2, 0) is 15.0 Å². The van der Waals surface area contributed by atoms with Gasteiger partial charge < -0.3 is 0 Å². The van der Waals surface area contributed by atoms with Crippen LogP contribution >= 0.6 is 0 Å². The van der Waals surface area contributed by atoms with Gasteiger partial charge in [0.25, 0.3) is 0 Å². The van der Waals surface area contributed by atoms with Gasteiger partial charge in [-0.2, -0.15) is 0 Å². The third-order valence-electron chi connectivity index (χ3n) is 0.634. The summed E-state index contributed by atoms with van der Waals surface area (Å²) in [6.07, 6.45) is 3.50. The normalized spacial score (nSPS) is 6.73. The van der Waals surface area contributed by atoms with Crippen LogP contribution < -0.4 is 0 Å². The van der Waals surface area contributed by atoms with E-state index < -0.39 is 0 Å². The number of rotatable bonds is 0. The first-order valence-corrected chi connectivity index (χ1v) is 3.54. The summed E-state index contributed by atoms with van der Waals surface area (Å²) in [5, 5.41) is 15.1. The minimum atomic E-state index is 0.646. The zero-order valence-corrected chi connectivity index (χ0v) is 6.47. The molecule has 0 spiro atoms. The molecule has 3 nitrogen and oxygen atoms in total. The van der Waals surface area contributed by atoms with Crippen LogP contribution in [0, 0.1) is 20.5 Å². The van der Waals surface area contributed by atoms with Gasteiger partial charge in [-0.05, 0) is 12.1 Å². The van der Waals surface area contributed by atoms with Crippen LogP contribution in [-0.4, -0.2) is 4.98 Å². The number of hydrogen-bond acceptors (Lipinski definition) is 3. The molecular formula is C7H5CuN3. The fourth-order valence-corrected chi connectivity index (χ4v) is 0.375. The van der Waals surface area contributed by atoms with Crippen LogP contribution in [0.5, 0.6) is 0 Å². The third-order valence-corrected chi connectivity index (χ3v) is 0.844. The molecule has 0 amide bonds. The molecule has 0 saturated carbocycles. The molecule has 0 atom stereocenters. The Hall–Kier alpha value is -1.35. The second-order valence-electron chi connectivity index (χ2n) is 1.23. The van der Waals surface area contributed by atoms with Gasteiger partial charge in [0.15, 0.2) is 0 Å². The predicted molar refractivity (Wildman–Crippen MR) is 35.5 cm³/mol. The van der Waals surface area contributed by atoms with E-state index in [9.17, 15) is 0 Å². The second kappa shape index (κ2) is 8.65. The summed E-state index contributed by atoms with van der Waals surface area (Å²) in [5.41, 5.74) is 0. The average Bonchev–Trinajstić information content (AvgIpc) is 2.10. The molecule has 0 aliphatic heterocycles. The zero-order chi connectivity index (χ0) is 8.36. The maximum atomic E-state index is 7.55. The number of aromatic nitrogens is 1. The fraction of sp³-hybridized carbons (Fsp3) is 0. The van der Waals surface area contributed by atoms with Crippen molar-refractivity contribution in [3.63, 3.8) is 0 Å². The molecule has 11 heavy (non-hydrogen) atoms. The van der Waals surface area contributed by atoms with Gasteiger partial charge in [0.2, 0.25) is 0 Å². The molecule has 0 saturated heterocycles. The third kappa shape index (κ3) is 8.65. The summed E-state index contributed by atoms with van der Waals surface area (Å²) in [5.74, 6) is 0. The molecule has 1 heterocycles. The quantitative estimate of drug-likeness (QED) is 0.582. The van der Waals surface area contributed by atoms with E-state index in [0.717, 1.165) is 0 Å². The molecule has 4 heteroatoms. The van der Waals surface area contributed by atoms with Gasteiger partial charge in [-0.15, -0.1) is 0 Å². The van der Waals surface area contributed by atoms with E-state index >= 15 is 0 Å². The van der Waals surface area contributed by atoms with Crippen LogP contribution in [0.3, 0.4) is 0 Å². The van der Waals surface area contributed by atoms with Crippen molar-refractivity contribution in [1.29, 1.82) is 10.5 Å². The maximum Gasteiger partial charge on any atom is 0.0267 e. The minimum absolute atomic E-state index is 0.646. The molecule has 59 valence electrons. The van der Waals surface area contributed by atoms with Crippen molar-refractivity contribution in [3.8, 4) is 9.94 Å². The summed E-state index contributed by atoms with van der Waals surface area (Å²) in [7, 11) is 0. The van der Waals surface area contributed by atoms with Gasteiger partial charge in [0.05, 0.1) is 0 Å². The SMILES string of the molecule is N#[C][Cu][C]#N.c1ccncc1. The summed E-state index contributed by atoms with van der Waals surface area (Å²) in [6, 6.07) is 5.72. The number of hydrogen-bond donors (Lipinski definition) is 0. The molecule has 1 aromatic heterocycles. The standard InChI is InChI=1S/C5H5N.2CN.Cu/c1-2-4-6-5-3-1;2*1-2;/h1-5H;;;. The van der Waals surface area contributed by atoms with Crippen molar-refractivity contribution in [2.45, 2.75) is 0 Å². The van der Waals surface area contributed by atoms with E-state index in [1.165, 1.54) is 0 Å². The van der Waals surface area contributed by atoms with Gasteiger partial charge in [0, 0.05) is 12.4 Å². The van der Waals surface area contributed by atoms with Gasteiger partial charge in [0.1, 0.15) is 0 Å². The first kappa shape index (κ1) is 9.65. The van der Waals surface area contributed by atoms with Crippen molar-refractivity contribution < 1.29 is 15.0 Å². The first-order chi connectivity index (χ1) is 5.41. The predicted octanol–water partition coefficient (Wildman–Crippen LogP) is 1.11. The van der Waals surface area contributed by atoms with E-state index in [4.69, 9.17) is 10.5 Å². The summed E-state index contributed by atoms with van der Waals surface area (Å²) in [6.45, 7) is 0. The minimum Gasteiger partial charge on any atom is -0.265 e. The van der Waals surface area contributed by atoms with Gasteiger partial charge in [-0.25, -0.2) is 0 Å². The monoisotopic (exact) mass is 194 g/mol. The Morgan fingerprint density at radius 2 is 1.55 bits per heavy atom. The topological polar surface area (TPSA) is 60.5 Å². The Bertz CT molecular complexity index is 208. The van der Waals surface area contributed by atoms with Crippen LogP contribution in [0.1, 0.15) is 0 Å². The molecule has 0 unspecified atom stereocenters. The van der Waals surface area contributed by atoms with Gasteiger partial charge in [-0.1, -0.05) is 6.07 Å². The maximum absolute atomic E-state index is 7.55. The van der Waals surface area contributed by atoms with Crippen LogP contribution in [0.2, 0.25) is 0 Å². The van der Waals surface area contributed by atoms with Crippen molar-refractivity contribution in [2.24, 2.45) is 0 Å². The van der Waals surface area contributed by atoms with Crippen LogP contribution in [0.25, 0.3) is 0 Å². The average molecular weight is 195 g/mol. The number of nitriles is 2. The summed E-state index contributed by atoms with van der Waals surface area (Å²) >= 11 is 0.646. The molecule has 0 aromatic carbocycles. The molecule has 1 aromatic rings. The molecule has 0 radical (unpaired) electrons. The van der Waals surface area contributed by atoms with Crippen molar-refractivity contribution in [3.05, 3.63) is 30.6 Å². The Morgan fingerprint density at radius 1 is 1.00 bits per heavy atom. The number of nitrogens with zero attached hydrogens (tertiary/aromatic N) is 3. The fourth-order valence-electron chi connectivity index (χ4n) is 0.328. The molecular weight excluding hydrogens is 190 g/mol. The molecule has 0 aliphatic rings. The molecule has 0 aliphatic carbocycles. The van der Waals surface area contributed by atoms with E-state index in [-0.39, 0.29) is 0 Å². The molecule has 1 rings (SSSR count). The van der Waals surface area contributed by atoms with Crippen LogP contribution in [0.15, 0.2) is 30.6 Å². The Labute approximate surface area is 71.5 Å². The molecule has 0 bridgehead atoms. The molecule has 0 N–H and O–H groups in total. The largest absolute Gasteiger partial charge is 0.265 e. The van der Waals surface area contributed by atoms with Gasteiger partial charge >= 0.3 is 35.4 Å². The van der Waals surface area contributed by atoms with Gasteiger partial charge in [-0.3, -0.25) is 4.98 Å². The van der Waals surface area contributed by atoms with E-state index in [2.05, 4.69) is 4.98 Å². The Kier molecular flexibility index (Phi) is 7.59. The van der Waals surface area contributed by atoms with Crippen LogP contribution in [0.4, 0.5) is 0 Å². The van der Waals surface area contributed by atoms with E-state index in [1.807, 2.05) is 18.2 Å². The Morgan fingerprint density at radius 3 is 1.64 bits per heavy atom. The zero-order valence-electron chi connectivity index (χ0n) is 5.53. The van der Waals surface area contributed by atoms with Crippen molar-refractivity contribution >= 4 is 0 Å². The van der Waals surface area contributed by atoms with E-state index in [1.54, 1.807) is 22.3 Å². The van der Waals surface area contributed by atoms with Crippen molar-refractivity contribution in [1.82, 2.24) is 4.98 Å². The second-order valence-corrected chi connectivity index (χ2v) is 1.89. The summed E-state index contributed by atoms with van der Waals surface area (Å²) < 4.78 is 0.